The van der Waals surface area contributed by atoms with Crippen LogP contribution in [0.4, 0.5) is 10.1 Å². The van der Waals surface area contributed by atoms with Crippen LogP contribution in [0.3, 0.4) is 0 Å². The van der Waals surface area contributed by atoms with Gasteiger partial charge in [-0.15, -0.1) is 0 Å². The quantitative estimate of drug-likeness (QED) is 0.420. The van der Waals surface area contributed by atoms with Crippen molar-refractivity contribution in [1.82, 2.24) is 4.90 Å². The number of amidine groups is 1. The molecule has 1 aromatic rings. The van der Waals surface area contributed by atoms with Gasteiger partial charge in [0.25, 0.3) is 0 Å². The topological polar surface area (TPSA) is 99.7 Å². The maximum atomic E-state index is 15.0. The Morgan fingerprint density at radius 1 is 1.13 bits per heavy atom. The predicted molar refractivity (Wildman–Crippen MR) is 113 cm³/mol. The minimum Gasteiger partial charge on any atom is -0.460 e. The molecule has 2 aliphatic heterocycles. The van der Waals surface area contributed by atoms with E-state index in [4.69, 9.17) is 15.9 Å². The number of nitrogens with one attached hydrogen (secondary N) is 1. The van der Waals surface area contributed by atoms with Gasteiger partial charge in [0.05, 0.1) is 5.69 Å². The number of amides is 1. The monoisotopic (exact) mass is 418 g/mol. The number of piperidine rings is 2. The molecule has 2 aliphatic rings. The van der Waals surface area contributed by atoms with Crippen molar-refractivity contribution in [2.24, 2.45) is 17.6 Å². The van der Waals surface area contributed by atoms with Gasteiger partial charge in [0, 0.05) is 38.7 Å². The molecule has 1 amide bonds. The third-order valence-electron chi connectivity index (χ3n) is 6.31. The van der Waals surface area contributed by atoms with Crippen molar-refractivity contribution < 1.29 is 18.7 Å². The molecule has 0 saturated carbocycles. The first-order chi connectivity index (χ1) is 14.3. The smallest absolute Gasteiger partial charge is 0.313 e. The molecule has 0 atom stereocenters. The zero-order chi connectivity index (χ0) is 21.7. The summed E-state index contributed by atoms with van der Waals surface area (Å²) in [7, 11) is 0. The largest absolute Gasteiger partial charge is 0.460 e. The molecule has 0 radical (unpaired) electrons. The van der Waals surface area contributed by atoms with Crippen molar-refractivity contribution in [3.05, 3.63) is 29.6 Å². The molecule has 3 N–H and O–H groups in total. The highest BCUT2D eigenvalue weighted by atomic mass is 19.1. The summed E-state index contributed by atoms with van der Waals surface area (Å²) in [5, 5.41) is 7.12. The molecule has 0 bridgehead atoms. The fraction of sp³-hybridized carbons (Fsp3) is 0.591. The molecule has 8 heteroatoms. The number of esters is 1. The van der Waals surface area contributed by atoms with Gasteiger partial charge in [-0.3, -0.25) is 15.0 Å². The summed E-state index contributed by atoms with van der Waals surface area (Å²) in [6.45, 7) is 4.74. The van der Waals surface area contributed by atoms with Crippen LogP contribution in [0.1, 0.15) is 44.6 Å². The molecule has 1 aromatic carbocycles. The van der Waals surface area contributed by atoms with Crippen LogP contribution in [-0.2, 0) is 20.9 Å². The van der Waals surface area contributed by atoms with Crippen LogP contribution < -0.4 is 10.6 Å². The third kappa shape index (κ3) is 5.49. The molecule has 2 fully saturated rings. The summed E-state index contributed by atoms with van der Waals surface area (Å²) >= 11 is 0. The van der Waals surface area contributed by atoms with Crippen LogP contribution >= 0.6 is 0 Å². The van der Waals surface area contributed by atoms with Crippen LogP contribution in [0.5, 0.6) is 0 Å². The minimum absolute atomic E-state index is 0.158. The zero-order valence-electron chi connectivity index (χ0n) is 17.5. The Bertz CT molecular complexity index is 785. The average molecular weight is 419 g/mol. The van der Waals surface area contributed by atoms with E-state index < -0.39 is 5.97 Å². The van der Waals surface area contributed by atoms with Crippen molar-refractivity contribution in [2.75, 3.05) is 31.1 Å². The van der Waals surface area contributed by atoms with Gasteiger partial charge in [0.15, 0.2) is 5.82 Å². The second-order valence-corrected chi connectivity index (χ2v) is 8.28. The molecule has 164 valence electrons. The Hall–Kier alpha value is -2.64. The van der Waals surface area contributed by atoms with E-state index in [9.17, 15) is 9.59 Å². The van der Waals surface area contributed by atoms with E-state index in [0.717, 1.165) is 51.9 Å². The fourth-order valence-electron chi connectivity index (χ4n) is 4.58. The molecule has 3 rings (SSSR count). The fourth-order valence-corrected chi connectivity index (χ4v) is 4.58. The number of hydrogen-bond acceptors (Lipinski definition) is 5. The molecule has 0 unspecified atom stereocenters. The predicted octanol–water partition coefficient (Wildman–Crippen LogP) is 2.67. The summed E-state index contributed by atoms with van der Waals surface area (Å²) < 4.78 is 20.0. The molecular formula is C22H31FN4O3. The summed E-state index contributed by atoms with van der Waals surface area (Å²) in [6.07, 6.45) is 3.85. The second-order valence-electron chi connectivity index (χ2n) is 8.28. The van der Waals surface area contributed by atoms with Gasteiger partial charge in [0.2, 0.25) is 5.91 Å². The highest BCUT2D eigenvalue weighted by molar-refractivity contribution is 5.94. The first-order valence-electron chi connectivity index (χ1n) is 10.6. The van der Waals surface area contributed by atoms with Gasteiger partial charge in [0.1, 0.15) is 18.9 Å². The number of halogens is 1. The van der Waals surface area contributed by atoms with Crippen LogP contribution in [0.2, 0.25) is 0 Å². The van der Waals surface area contributed by atoms with E-state index >= 15 is 4.39 Å². The van der Waals surface area contributed by atoms with Gasteiger partial charge in [-0.25, -0.2) is 4.39 Å². The first kappa shape index (κ1) is 22.1. The van der Waals surface area contributed by atoms with E-state index in [1.807, 2.05) is 4.90 Å². The van der Waals surface area contributed by atoms with Crippen molar-refractivity contribution >= 4 is 23.4 Å². The Morgan fingerprint density at radius 3 is 2.30 bits per heavy atom. The van der Waals surface area contributed by atoms with Gasteiger partial charge in [-0.2, -0.15) is 0 Å². The Morgan fingerprint density at radius 2 is 1.73 bits per heavy atom. The lowest BCUT2D eigenvalue weighted by molar-refractivity contribution is -0.143. The van der Waals surface area contributed by atoms with E-state index in [1.54, 1.807) is 25.1 Å². The first-order valence-corrected chi connectivity index (χ1v) is 10.6. The van der Waals surface area contributed by atoms with E-state index in [-0.39, 0.29) is 30.6 Å². The summed E-state index contributed by atoms with van der Waals surface area (Å²) in [5.74, 6) is 0.147. The number of nitrogens with two attached hydrogens (primary N) is 1. The van der Waals surface area contributed by atoms with E-state index in [1.165, 1.54) is 0 Å². The number of anilines is 1. The zero-order valence-corrected chi connectivity index (χ0v) is 17.5. The number of hydrogen-bond donors (Lipinski definition) is 2. The van der Waals surface area contributed by atoms with Crippen LogP contribution in [-0.4, -0.2) is 48.8 Å². The SMILES string of the molecule is CC(=O)N1CCC(C2CCN(c3cccc(COC(=O)CC(=N)N)c3F)CC2)CC1. The Labute approximate surface area is 176 Å². The van der Waals surface area contributed by atoms with Gasteiger partial charge in [-0.05, 0) is 43.6 Å². The van der Waals surface area contributed by atoms with Crippen molar-refractivity contribution in [3.63, 3.8) is 0 Å². The molecule has 2 saturated heterocycles. The molecule has 7 nitrogen and oxygen atoms in total. The van der Waals surface area contributed by atoms with Crippen molar-refractivity contribution in [2.45, 2.75) is 45.6 Å². The van der Waals surface area contributed by atoms with E-state index in [0.29, 0.717) is 23.1 Å². The molecule has 0 spiro atoms. The maximum absolute atomic E-state index is 15.0. The summed E-state index contributed by atoms with van der Waals surface area (Å²) in [5.41, 5.74) is 6.05. The number of carbonyl (C=O) groups is 2. The molecule has 0 aliphatic carbocycles. The molecule has 2 heterocycles. The minimum atomic E-state index is -0.635. The highest BCUT2D eigenvalue weighted by Gasteiger charge is 2.31. The normalized spacial score (nSPS) is 18.3. The number of nitrogens with zero attached hydrogens (tertiary/aromatic N) is 2. The number of rotatable bonds is 6. The third-order valence-corrected chi connectivity index (χ3v) is 6.31. The lowest BCUT2D eigenvalue weighted by atomic mass is 9.78. The Kier molecular flexibility index (Phi) is 7.29. The molecule has 0 aromatic heterocycles. The van der Waals surface area contributed by atoms with Gasteiger partial charge in [-0.1, -0.05) is 12.1 Å². The number of carbonyl (C=O) groups excluding carboxylic acids is 2. The van der Waals surface area contributed by atoms with Crippen molar-refractivity contribution in [1.29, 1.82) is 5.41 Å². The molecule has 30 heavy (non-hydrogen) atoms. The van der Waals surface area contributed by atoms with Gasteiger partial charge >= 0.3 is 5.97 Å². The summed E-state index contributed by atoms with van der Waals surface area (Å²) in [4.78, 5) is 27.1. The van der Waals surface area contributed by atoms with E-state index in [2.05, 4.69) is 4.90 Å². The standard InChI is InChI=1S/C22H31FN4O3/c1-15(28)26-9-5-16(6-10-26)17-7-11-27(12-8-17)19-4-2-3-18(22(19)23)14-30-21(29)13-20(24)25/h2-4,16-17H,5-14H2,1H3,(H3,24,25). The van der Waals surface area contributed by atoms with Crippen LogP contribution in [0, 0.1) is 23.1 Å². The lowest BCUT2D eigenvalue weighted by Crippen LogP contribution is -2.42. The average Bonchev–Trinajstić information content (AvgIpc) is 2.73. The number of ether oxygens (including phenoxy) is 1. The maximum Gasteiger partial charge on any atom is 0.313 e. The number of benzene rings is 1. The lowest BCUT2D eigenvalue weighted by Gasteiger charge is -2.40. The van der Waals surface area contributed by atoms with Crippen LogP contribution in [0.25, 0.3) is 0 Å². The van der Waals surface area contributed by atoms with Crippen molar-refractivity contribution in [3.8, 4) is 0 Å². The van der Waals surface area contributed by atoms with Gasteiger partial charge < -0.3 is 20.3 Å². The second kappa shape index (κ2) is 9.91. The Balaban J connectivity index is 1.53. The molecular weight excluding hydrogens is 387 g/mol. The summed E-state index contributed by atoms with van der Waals surface area (Å²) in [6, 6.07) is 5.15. The number of likely N-dealkylation sites (tertiary alicyclic amines) is 1. The van der Waals surface area contributed by atoms with Crippen LogP contribution in [0.15, 0.2) is 18.2 Å². The highest BCUT2D eigenvalue weighted by Crippen LogP contribution is 2.35.